The molecule has 4 rings (SSSR count). The number of ether oxygens (including phenoxy) is 1. The number of aromatic nitrogens is 1. The van der Waals surface area contributed by atoms with Crippen molar-refractivity contribution in [2.45, 2.75) is 32.9 Å². The highest BCUT2D eigenvalue weighted by Gasteiger charge is 2.22. The average Bonchev–Trinajstić information content (AvgIpc) is 2.94. The summed E-state index contributed by atoms with van der Waals surface area (Å²) in [6.45, 7) is 0.685. The zero-order chi connectivity index (χ0) is 26.7. The average molecular weight is 536 g/mol. The van der Waals surface area contributed by atoms with E-state index in [1.165, 1.54) is 12.3 Å². The van der Waals surface area contributed by atoms with Gasteiger partial charge in [-0.2, -0.15) is 0 Å². The van der Waals surface area contributed by atoms with Crippen molar-refractivity contribution in [2.75, 3.05) is 0 Å². The number of benzene rings is 3. The zero-order valence-corrected chi connectivity index (χ0v) is 21.2. The molecule has 0 radical (unpaired) electrons. The lowest BCUT2D eigenvalue weighted by molar-refractivity contribution is 0.0226. The third-order valence-corrected chi connectivity index (χ3v) is 5.99. The van der Waals surface area contributed by atoms with Gasteiger partial charge in [-0.25, -0.2) is 14.9 Å². The minimum atomic E-state index is -0.598. The summed E-state index contributed by atoms with van der Waals surface area (Å²) in [7, 11) is 0. The van der Waals surface area contributed by atoms with E-state index in [-0.39, 0.29) is 36.3 Å². The number of rotatable bonds is 12. The van der Waals surface area contributed by atoms with Crippen LogP contribution in [0.3, 0.4) is 0 Å². The monoisotopic (exact) mass is 535 g/mol. The Hall–Kier alpha value is -3.82. The fourth-order valence-corrected chi connectivity index (χ4v) is 3.94. The Morgan fingerprint density at radius 1 is 0.921 bits per heavy atom. The first-order valence-corrected chi connectivity index (χ1v) is 12.3. The first kappa shape index (κ1) is 27.2. The van der Waals surface area contributed by atoms with E-state index in [0.29, 0.717) is 24.2 Å². The Morgan fingerprint density at radius 2 is 1.61 bits per heavy atom. The van der Waals surface area contributed by atoms with E-state index in [2.05, 4.69) is 15.8 Å². The lowest BCUT2D eigenvalue weighted by Crippen LogP contribution is -2.26. The second kappa shape index (κ2) is 13.6. The summed E-state index contributed by atoms with van der Waals surface area (Å²) in [6, 6.07) is 23.4. The Labute approximate surface area is 225 Å². The number of amides is 1. The van der Waals surface area contributed by atoms with Crippen LogP contribution >= 0.6 is 11.6 Å². The molecule has 1 aromatic heterocycles. The van der Waals surface area contributed by atoms with E-state index in [4.69, 9.17) is 21.2 Å². The first-order valence-electron chi connectivity index (χ1n) is 11.9. The molecule has 0 atom stereocenters. The third-order valence-electron chi connectivity index (χ3n) is 5.70. The topological polar surface area (TPSA) is 92.7 Å². The maximum absolute atomic E-state index is 13.4. The summed E-state index contributed by atoms with van der Waals surface area (Å²) in [4.78, 5) is 22.7. The second-order valence-corrected chi connectivity index (χ2v) is 8.84. The van der Waals surface area contributed by atoms with Crippen molar-refractivity contribution in [3.05, 3.63) is 129 Å². The van der Waals surface area contributed by atoms with Crippen molar-refractivity contribution < 1.29 is 23.9 Å². The maximum atomic E-state index is 13.4. The molecule has 0 saturated carbocycles. The van der Waals surface area contributed by atoms with Gasteiger partial charge in [-0.05, 0) is 34.4 Å². The number of aliphatic hydroxyl groups is 1. The standard InChI is InChI=1S/C29H27ClFN3O4/c30-25-13-22(11-12-26(25)31)14-32-15-23-16-33-27(29(36)34-38-19-21-9-5-2-6-10-21)28(24(23)17-35)37-18-20-7-3-1-4-8-20/h1-13,16,32,35H,14-15,17-19H2,(H,34,36). The molecule has 0 aliphatic carbocycles. The summed E-state index contributed by atoms with van der Waals surface area (Å²) >= 11 is 5.87. The molecular weight excluding hydrogens is 509 g/mol. The molecule has 3 aromatic carbocycles. The van der Waals surface area contributed by atoms with Gasteiger partial charge in [0.05, 0.1) is 18.2 Å². The van der Waals surface area contributed by atoms with Crippen LogP contribution in [0.25, 0.3) is 0 Å². The molecule has 0 bridgehead atoms. The lowest BCUT2D eigenvalue weighted by atomic mass is 10.1. The number of halogens is 2. The van der Waals surface area contributed by atoms with Crippen molar-refractivity contribution in [1.82, 2.24) is 15.8 Å². The minimum Gasteiger partial charge on any atom is -0.486 e. The minimum absolute atomic E-state index is 0.00731. The summed E-state index contributed by atoms with van der Waals surface area (Å²) < 4.78 is 19.5. The molecule has 7 nitrogen and oxygen atoms in total. The predicted octanol–water partition coefficient (Wildman–Crippen LogP) is 5.10. The summed E-state index contributed by atoms with van der Waals surface area (Å²) in [5.41, 5.74) is 6.04. The van der Waals surface area contributed by atoms with Crippen LogP contribution in [0, 0.1) is 5.82 Å². The van der Waals surface area contributed by atoms with Crippen LogP contribution in [0.4, 0.5) is 4.39 Å². The molecule has 0 saturated heterocycles. The second-order valence-electron chi connectivity index (χ2n) is 8.43. The van der Waals surface area contributed by atoms with E-state index in [1.807, 2.05) is 60.7 Å². The summed E-state index contributed by atoms with van der Waals surface area (Å²) in [5, 5.41) is 13.5. The van der Waals surface area contributed by atoms with Gasteiger partial charge in [-0.3, -0.25) is 9.63 Å². The van der Waals surface area contributed by atoms with Crippen LogP contribution in [0.15, 0.2) is 85.1 Å². The largest absolute Gasteiger partial charge is 0.486 e. The van der Waals surface area contributed by atoms with Gasteiger partial charge in [0.15, 0.2) is 11.4 Å². The summed E-state index contributed by atoms with van der Waals surface area (Å²) in [6.07, 6.45) is 1.51. The molecular formula is C29H27ClFN3O4. The normalized spacial score (nSPS) is 10.8. The molecule has 0 spiro atoms. The van der Waals surface area contributed by atoms with Gasteiger partial charge >= 0.3 is 0 Å². The smallest absolute Gasteiger partial charge is 0.297 e. The van der Waals surface area contributed by atoms with Crippen LogP contribution in [0.1, 0.15) is 38.3 Å². The molecule has 1 heterocycles. The van der Waals surface area contributed by atoms with Crippen molar-refractivity contribution in [2.24, 2.45) is 0 Å². The number of nitrogens with one attached hydrogen (secondary N) is 2. The fraction of sp³-hybridized carbons (Fsp3) is 0.172. The number of pyridine rings is 1. The van der Waals surface area contributed by atoms with Crippen molar-refractivity contribution >= 4 is 17.5 Å². The van der Waals surface area contributed by atoms with Crippen LogP contribution < -0.4 is 15.5 Å². The van der Waals surface area contributed by atoms with Gasteiger partial charge in [-0.1, -0.05) is 78.3 Å². The van der Waals surface area contributed by atoms with Gasteiger partial charge in [0.25, 0.3) is 5.91 Å². The molecule has 3 N–H and O–H groups in total. The molecule has 0 aliphatic rings. The van der Waals surface area contributed by atoms with E-state index >= 15 is 0 Å². The van der Waals surface area contributed by atoms with E-state index in [9.17, 15) is 14.3 Å². The molecule has 9 heteroatoms. The molecule has 1 amide bonds. The third kappa shape index (κ3) is 7.36. The fourth-order valence-electron chi connectivity index (χ4n) is 3.74. The van der Waals surface area contributed by atoms with Crippen molar-refractivity contribution in [1.29, 1.82) is 0 Å². The quantitative estimate of drug-likeness (QED) is 0.219. The number of carbonyl (C=O) groups excluding carboxylic acids is 1. The highest BCUT2D eigenvalue weighted by Crippen LogP contribution is 2.27. The Balaban J connectivity index is 1.51. The Kier molecular flexibility index (Phi) is 9.77. The zero-order valence-electron chi connectivity index (χ0n) is 20.5. The van der Waals surface area contributed by atoms with Crippen LogP contribution in [-0.2, 0) is 37.7 Å². The number of carbonyl (C=O) groups is 1. The van der Waals surface area contributed by atoms with E-state index < -0.39 is 11.7 Å². The van der Waals surface area contributed by atoms with Gasteiger partial charge in [0.1, 0.15) is 12.4 Å². The maximum Gasteiger partial charge on any atom is 0.297 e. The summed E-state index contributed by atoms with van der Waals surface area (Å²) in [5.74, 6) is -0.913. The predicted molar refractivity (Wildman–Crippen MR) is 142 cm³/mol. The lowest BCUT2D eigenvalue weighted by Gasteiger charge is -2.18. The highest BCUT2D eigenvalue weighted by molar-refractivity contribution is 6.30. The number of aliphatic hydroxyl groups excluding tert-OH is 1. The molecule has 0 unspecified atom stereocenters. The Morgan fingerprint density at radius 3 is 2.26 bits per heavy atom. The molecule has 0 fully saturated rings. The van der Waals surface area contributed by atoms with Gasteiger partial charge in [-0.15, -0.1) is 0 Å². The molecule has 4 aromatic rings. The number of hydrogen-bond donors (Lipinski definition) is 3. The highest BCUT2D eigenvalue weighted by atomic mass is 35.5. The SMILES string of the molecule is O=C(NOCc1ccccc1)c1ncc(CNCc2ccc(F)c(Cl)c2)c(CO)c1OCc1ccccc1. The van der Waals surface area contributed by atoms with Gasteiger partial charge in [0, 0.05) is 24.8 Å². The first-order chi connectivity index (χ1) is 18.5. The number of nitrogens with zero attached hydrogens (tertiary/aromatic N) is 1. The van der Waals surface area contributed by atoms with E-state index in [0.717, 1.165) is 16.7 Å². The van der Waals surface area contributed by atoms with Crippen molar-refractivity contribution in [3.63, 3.8) is 0 Å². The molecule has 196 valence electrons. The Bertz CT molecular complexity index is 1360. The van der Waals surface area contributed by atoms with Gasteiger partial charge in [0.2, 0.25) is 0 Å². The van der Waals surface area contributed by atoms with Crippen molar-refractivity contribution in [3.8, 4) is 5.75 Å². The number of hydroxylamine groups is 1. The molecule has 38 heavy (non-hydrogen) atoms. The van der Waals surface area contributed by atoms with Crippen LogP contribution in [0.2, 0.25) is 5.02 Å². The van der Waals surface area contributed by atoms with Crippen LogP contribution in [0.5, 0.6) is 5.75 Å². The van der Waals surface area contributed by atoms with Crippen LogP contribution in [-0.4, -0.2) is 16.0 Å². The van der Waals surface area contributed by atoms with Gasteiger partial charge < -0.3 is 15.2 Å². The van der Waals surface area contributed by atoms with E-state index in [1.54, 1.807) is 12.1 Å². The number of hydrogen-bond acceptors (Lipinski definition) is 6. The molecule has 0 aliphatic heterocycles.